The third-order valence-electron chi connectivity index (χ3n) is 3.42. The van der Waals surface area contributed by atoms with Crippen molar-refractivity contribution >= 4 is 27.7 Å². The van der Waals surface area contributed by atoms with Crippen molar-refractivity contribution in [1.29, 1.82) is 0 Å². The molecule has 0 bridgehead atoms. The number of piperazine rings is 1. The van der Waals surface area contributed by atoms with E-state index in [0.717, 1.165) is 42.5 Å². The summed E-state index contributed by atoms with van der Waals surface area (Å²) in [6, 6.07) is 0.857. The monoisotopic (exact) mass is 297 g/mol. The number of nitrogens with zero attached hydrogens (tertiary/aromatic N) is 4. The maximum absolute atomic E-state index is 5.64. The highest BCUT2D eigenvalue weighted by Gasteiger charge is 2.31. The van der Waals surface area contributed by atoms with Crippen LogP contribution in [0.2, 0.25) is 0 Å². The molecule has 2 aliphatic rings. The van der Waals surface area contributed by atoms with E-state index in [1.54, 1.807) is 6.20 Å². The van der Waals surface area contributed by atoms with Crippen LogP contribution in [0, 0.1) is 0 Å². The highest BCUT2D eigenvalue weighted by Crippen LogP contribution is 2.29. The first-order valence-corrected chi connectivity index (χ1v) is 6.80. The van der Waals surface area contributed by atoms with E-state index in [4.69, 9.17) is 5.73 Å². The van der Waals surface area contributed by atoms with E-state index >= 15 is 0 Å². The number of nitrogens with two attached hydrogens (primary N) is 1. The van der Waals surface area contributed by atoms with Crippen LogP contribution in [0.4, 0.5) is 11.8 Å². The van der Waals surface area contributed by atoms with Gasteiger partial charge >= 0.3 is 0 Å². The highest BCUT2D eigenvalue weighted by atomic mass is 79.9. The van der Waals surface area contributed by atoms with Crippen molar-refractivity contribution in [3.05, 3.63) is 10.7 Å². The van der Waals surface area contributed by atoms with Crippen molar-refractivity contribution in [1.82, 2.24) is 14.9 Å². The van der Waals surface area contributed by atoms with Gasteiger partial charge in [-0.1, -0.05) is 0 Å². The molecule has 0 spiro atoms. The molecule has 1 saturated heterocycles. The molecule has 0 radical (unpaired) electrons. The lowest BCUT2D eigenvalue weighted by molar-refractivity contribution is 0.247. The summed E-state index contributed by atoms with van der Waals surface area (Å²) in [5, 5.41) is 0. The van der Waals surface area contributed by atoms with E-state index < -0.39 is 0 Å². The summed E-state index contributed by atoms with van der Waals surface area (Å²) in [5.41, 5.74) is 5.64. The smallest absolute Gasteiger partial charge is 0.222 e. The molecule has 0 amide bonds. The topological polar surface area (TPSA) is 58.3 Å². The molecule has 92 valence electrons. The zero-order valence-electron chi connectivity index (χ0n) is 9.64. The van der Waals surface area contributed by atoms with Crippen molar-refractivity contribution in [3.63, 3.8) is 0 Å². The summed E-state index contributed by atoms with van der Waals surface area (Å²) in [7, 11) is 0. The van der Waals surface area contributed by atoms with Crippen molar-refractivity contribution in [2.75, 3.05) is 36.8 Å². The van der Waals surface area contributed by atoms with Gasteiger partial charge in [-0.3, -0.25) is 4.90 Å². The Morgan fingerprint density at radius 2 is 1.94 bits per heavy atom. The average molecular weight is 298 g/mol. The van der Waals surface area contributed by atoms with E-state index in [0.29, 0.717) is 5.95 Å². The molecule has 2 fully saturated rings. The molecular formula is C11H16BrN5. The largest absolute Gasteiger partial charge is 0.368 e. The molecule has 1 aliphatic carbocycles. The molecular weight excluding hydrogens is 282 g/mol. The summed E-state index contributed by atoms with van der Waals surface area (Å²) in [6.07, 6.45) is 4.49. The third kappa shape index (κ3) is 2.37. The maximum Gasteiger partial charge on any atom is 0.222 e. The van der Waals surface area contributed by atoms with Crippen LogP contribution in [0.3, 0.4) is 0 Å². The molecule has 0 unspecified atom stereocenters. The minimum absolute atomic E-state index is 0.341. The Morgan fingerprint density at radius 3 is 2.59 bits per heavy atom. The van der Waals surface area contributed by atoms with Crippen LogP contribution in [-0.2, 0) is 0 Å². The van der Waals surface area contributed by atoms with Crippen LogP contribution in [0.5, 0.6) is 0 Å². The van der Waals surface area contributed by atoms with Crippen molar-refractivity contribution in [3.8, 4) is 0 Å². The van der Waals surface area contributed by atoms with Gasteiger partial charge in [0.15, 0.2) is 0 Å². The Balaban J connectivity index is 1.70. The molecule has 1 aromatic rings. The first-order valence-electron chi connectivity index (χ1n) is 6.01. The zero-order chi connectivity index (χ0) is 11.8. The van der Waals surface area contributed by atoms with Gasteiger partial charge in [0.05, 0.1) is 4.47 Å². The summed E-state index contributed by atoms with van der Waals surface area (Å²) in [5.74, 6) is 1.26. The van der Waals surface area contributed by atoms with Gasteiger partial charge in [-0.15, -0.1) is 0 Å². The minimum atomic E-state index is 0.341. The molecule has 17 heavy (non-hydrogen) atoms. The first-order chi connectivity index (χ1) is 8.24. The number of hydrogen-bond acceptors (Lipinski definition) is 5. The molecule has 0 aromatic carbocycles. The van der Waals surface area contributed by atoms with Gasteiger partial charge in [0.2, 0.25) is 5.95 Å². The fraction of sp³-hybridized carbons (Fsp3) is 0.636. The zero-order valence-corrected chi connectivity index (χ0v) is 11.2. The number of anilines is 2. The summed E-state index contributed by atoms with van der Waals surface area (Å²) >= 11 is 3.49. The van der Waals surface area contributed by atoms with Crippen LogP contribution >= 0.6 is 15.9 Å². The van der Waals surface area contributed by atoms with Gasteiger partial charge in [0.1, 0.15) is 5.82 Å². The van der Waals surface area contributed by atoms with Crippen molar-refractivity contribution < 1.29 is 0 Å². The molecule has 2 N–H and O–H groups in total. The normalized spacial score (nSPS) is 21.8. The SMILES string of the molecule is Nc1ncc(Br)c(N2CCN(C3CC3)CC2)n1. The molecule has 0 atom stereocenters. The van der Waals surface area contributed by atoms with Gasteiger partial charge in [0.25, 0.3) is 0 Å². The fourth-order valence-electron chi connectivity index (χ4n) is 2.33. The number of hydrogen-bond donors (Lipinski definition) is 1. The Hall–Kier alpha value is -0.880. The van der Waals surface area contributed by atoms with Gasteiger partial charge in [0, 0.05) is 38.4 Å². The molecule has 1 saturated carbocycles. The lowest BCUT2D eigenvalue weighted by Gasteiger charge is -2.35. The Bertz CT molecular complexity index is 412. The molecule has 6 heteroatoms. The maximum atomic E-state index is 5.64. The van der Waals surface area contributed by atoms with Gasteiger partial charge < -0.3 is 10.6 Å². The van der Waals surface area contributed by atoms with Crippen LogP contribution in [0.1, 0.15) is 12.8 Å². The fourth-order valence-corrected chi connectivity index (χ4v) is 2.77. The van der Waals surface area contributed by atoms with Crippen molar-refractivity contribution in [2.45, 2.75) is 18.9 Å². The lowest BCUT2D eigenvalue weighted by Crippen LogP contribution is -2.47. The number of rotatable bonds is 2. The molecule has 3 rings (SSSR count). The standard InChI is InChI=1S/C11H16BrN5/c12-9-7-14-11(13)15-10(9)17-5-3-16(4-6-17)8-1-2-8/h7-8H,1-6H2,(H2,13,14,15). The van der Waals surface area contributed by atoms with E-state index in [1.165, 1.54) is 12.8 Å². The Labute approximate surface area is 109 Å². The molecule has 5 nitrogen and oxygen atoms in total. The highest BCUT2D eigenvalue weighted by molar-refractivity contribution is 9.10. The molecule has 2 heterocycles. The number of nitrogen functional groups attached to an aromatic ring is 1. The van der Waals surface area contributed by atoms with Crippen LogP contribution < -0.4 is 10.6 Å². The van der Waals surface area contributed by atoms with E-state index in [1.807, 2.05) is 0 Å². The van der Waals surface area contributed by atoms with E-state index in [-0.39, 0.29) is 0 Å². The van der Waals surface area contributed by atoms with Gasteiger partial charge in [-0.25, -0.2) is 4.98 Å². The molecule has 1 aromatic heterocycles. The van der Waals surface area contributed by atoms with Crippen LogP contribution in [0.15, 0.2) is 10.7 Å². The minimum Gasteiger partial charge on any atom is -0.368 e. The van der Waals surface area contributed by atoms with Crippen molar-refractivity contribution in [2.24, 2.45) is 0 Å². The summed E-state index contributed by atoms with van der Waals surface area (Å²) < 4.78 is 0.923. The second kappa shape index (κ2) is 4.42. The number of aromatic nitrogens is 2. The van der Waals surface area contributed by atoms with E-state index in [9.17, 15) is 0 Å². The quantitative estimate of drug-likeness (QED) is 0.886. The first kappa shape index (κ1) is 11.2. The van der Waals surface area contributed by atoms with Crippen LogP contribution in [-0.4, -0.2) is 47.1 Å². The number of halogens is 1. The van der Waals surface area contributed by atoms with Gasteiger partial charge in [-0.05, 0) is 28.8 Å². The predicted octanol–water partition coefficient (Wildman–Crippen LogP) is 1.11. The lowest BCUT2D eigenvalue weighted by atomic mass is 10.3. The predicted molar refractivity (Wildman–Crippen MR) is 71.0 cm³/mol. The third-order valence-corrected chi connectivity index (χ3v) is 3.98. The average Bonchev–Trinajstić information content (AvgIpc) is 3.17. The summed E-state index contributed by atoms with van der Waals surface area (Å²) in [6.45, 7) is 4.29. The Kier molecular flexibility index (Phi) is 2.92. The Morgan fingerprint density at radius 1 is 1.24 bits per heavy atom. The second-order valence-electron chi connectivity index (χ2n) is 4.65. The summed E-state index contributed by atoms with van der Waals surface area (Å²) in [4.78, 5) is 13.1. The van der Waals surface area contributed by atoms with Crippen LogP contribution in [0.25, 0.3) is 0 Å². The van der Waals surface area contributed by atoms with Gasteiger partial charge in [-0.2, -0.15) is 4.98 Å². The van der Waals surface area contributed by atoms with E-state index in [2.05, 4.69) is 35.7 Å². The second-order valence-corrected chi connectivity index (χ2v) is 5.51. The molecule has 1 aliphatic heterocycles.